The molecule has 0 saturated carbocycles. The summed E-state index contributed by atoms with van der Waals surface area (Å²) in [4.78, 5) is 0. The Bertz CT molecular complexity index is 330. The summed E-state index contributed by atoms with van der Waals surface area (Å²) in [5.74, 6) is 0. The fraction of sp³-hybridized carbons (Fsp3) is 0.667. The van der Waals surface area contributed by atoms with Crippen molar-refractivity contribution in [2.45, 2.75) is 74.6 Å². The number of hydrogen-bond donors (Lipinski definition) is 0. The molecule has 0 N–H and O–H groups in total. The first-order valence-corrected chi connectivity index (χ1v) is 13.7. The van der Waals surface area contributed by atoms with Crippen molar-refractivity contribution in [2.24, 2.45) is 0 Å². The molecule has 0 saturated heterocycles. The molecule has 0 aliphatic rings. The fourth-order valence-corrected chi connectivity index (χ4v) is 12.2. The predicted molar refractivity (Wildman–Crippen MR) is 95.6 cm³/mol. The molecule has 1 aromatic rings. The van der Waals surface area contributed by atoms with Crippen LogP contribution in [0.3, 0.4) is 0 Å². The van der Waals surface area contributed by atoms with Gasteiger partial charge in [-0.15, -0.1) is 0 Å². The summed E-state index contributed by atoms with van der Waals surface area (Å²) in [6, 6.07) is 9.41. The van der Waals surface area contributed by atoms with Crippen LogP contribution in [-0.2, 0) is 6.42 Å². The van der Waals surface area contributed by atoms with Gasteiger partial charge in [-0.25, -0.2) is 0 Å². The second kappa shape index (κ2) is 13.3. The Morgan fingerprint density at radius 3 is 1.90 bits per heavy atom. The molecular formula is C18H31LiSn. The number of hydrogen-bond acceptors (Lipinski definition) is 0. The van der Waals surface area contributed by atoms with E-state index in [0.29, 0.717) is 0 Å². The Morgan fingerprint density at radius 2 is 1.35 bits per heavy atom. The Balaban J connectivity index is 0.00000361. The molecular weight excluding hydrogens is 342 g/mol. The smallest absolute Gasteiger partial charge is 0 e. The first-order chi connectivity index (χ1) is 9.33. The number of benzene rings is 1. The van der Waals surface area contributed by atoms with Crippen molar-refractivity contribution >= 4 is 42.2 Å². The summed E-state index contributed by atoms with van der Waals surface area (Å²) < 4.78 is 4.99. The van der Waals surface area contributed by atoms with Crippen LogP contribution in [0.25, 0.3) is 0 Å². The molecule has 1 aromatic carbocycles. The molecule has 2 radical (unpaired) electrons. The average molecular weight is 373 g/mol. The molecule has 1 rings (SSSR count). The van der Waals surface area contributed by atoms with Gasteiger partial charge in [0, 0.05) is 18.9 Å². The molecule has 0 atom stereocenters. The van der Waals surface area contributed by atoms with Crippen LogP contribution >= 0.6 is 0 Å². The van der Waals surface area contributed by atoms with Crippen LogP contribution in [0.2, 0.25) is 8.87 Å². The van der Waals surface area contributed by atoms with Gasteiger partial charge in [-0.1, -0.05) is 0 Å². The van der Waals surface area contributed by atoms with Crippen molar-refractivity contribution in [2.75, 3.05) is 0 Å². The van der Waals surface area contributed by atoms with Gasteiger partial charge in [-0.05, 0) is 0 Å². The normalized spacial score (nSPS) is 10.6. The zero-order valence-electron chi connectivity index (χ0n) is 14.2. The van der Waals surface area contributed by atoms with Crippen molar-refractivity contribution in [1.82, 2.24) is 0 Å². The Morgan fingerprint density at radius 1 is 0.800 bits per heavy atom. The van der Waals surface area contributed by atoms with Crippen LogP contribution in [0.15, 0.2) is 24.3 Å². The Hall–Kier alpha value is 0.616. The van der Waals surface area contributed by atoms with Crippen molar-refractivity contribution < 1.29 is 0 Å². The van der Waals surface area contributed by atoms with Gasteiger partial charge in [-0.2, -0.15) is 0 Å². The van der Waals surface area contributed by atoms with Crippen molar-refractivity contribution in [1.29, 1.82) is 0 Å². The quantitative estimate of drug-likeness (QED) is 0.509. The third-order valence-corrected chi connectivity index (χ3v) is 12.9. The molecule has 20 heavy (non-hydrogen) atoms. The first-order valence-electron chi connectivity index (χ1n) is 8.26. The van der Waals surface area contributed by atoms with Crippen molar-refractivity contribution in [3.8, 4) is 0 Å². The summed E-state index contributed by atoms with van der Waals surface area (Å²) in [5.41, 5.74) is 1.70. The van der Waals surface area contributed by atoms with Gasteiger partial charge in [0.25, 0.3) is 0 Å². The first kappa shape index (κ1) is 20.6. The maximum Gasteiger partial charge on any atom is 0 e. The molecule has 0 unspecified atom stereocenters. The van der Waals surface area contributed by atoms with E-state index in [9.17, 15) is 0 Å². The van der Waals surface area contributed by atoms with Gasteiger partial charge in [0.05, 0.1) is 0 Å². The van der Waals surface area contributed by atoms with Gasteiger partial charge in [0.2, 0.25) is 0 Å². The van der Waals surface area contributed by atoms with Crippen LogP contribution in [0, 0.1) is 0 Å². The third kappa shape index (κ3) is 7.58. The van der Waals surface area contributed by atoms with Crippen molar-refractivity contribution in [3.05, 3.63) is 29.8 Å². The standard InChI is InChI=1S/C10H13.2C4H9.Li.Sn/c1-2-3-7-10-8-5-4-6-9-10;2*1-3-4-2;;/h4-6,8H,2-3,7H2,1H3;2*1,3-4H2,2H3;;. The number of aryl methyl sites for hydroxylation is 1. The second-order valence-corrected chi connectivity index (χ2v) is 13.4. The minimum Gasteiger partial charge on any atom is 0 e. The Labute approximate surface area is 146 Å². The van der Waals surface area contributed by atoms with E-state index in [2.05, 4.69) is 45.0 Å². The van der Waals surface area contributed by atoms with Crippen molar-refractivity contribution in [3.63, 3.8) is 0 Å². The fourth-order valence-electron chi connectivity index (χ4n) is 2.63. The molecule has 0 fully saturated rings. The molecule has 0 nitrogen and oxygen atoms in total. The summed E-state index contributed by atoms with van der Waals surface area (Å²) in [6.45, 7) is 6.98. The zero-order chi connectivity index (χ0) is 13.9. The van der Waals surface area contributed by atoms with Crippen LogP contribution in [-0.4, -0.2) is 38.6 Å². The van der Waals surface area contributed by atoms with E-state index >= 15 is 0 Å². The zero-order valence-corrected chi connectivity index (χ0v) is 17.0. The average Bonchev–Trinajstić information content (AvgIpc) is 2.46. The second-order valence-electron chi connectivity index (χ2n) is 5.57. The summed E-state index contributed by atoms with van der Waals surface area (Å²) in [6.07, 6.45) is 9.64. The van der Waals surface area contributed by atoms with E-state index < -0.39 is 19.8 Å². The minimum absolute atomic E-state index is 0. The van der Waals surface area contributed by atoms with Gasteiger partial charge in [-0.3, -0.25) is 0 Å². The van der Waals surface area contributed by atoms with Gasteiger partial charge < -0.3 is 0 Å². The molecule has 2 heteroatoms. The monoisotopic (exact) mass is 374 g/mol. The van der Waals surface area contributed by atoms with Crippen LogP contribution in [0.1, 0.15) is 64.9 Å². The topological polar surface area (TPSA) is 0 Å². The molecule has 0 amide bonds. The summed E-state index contributed by atoms with van der Waals surface area (Å²) >= 11 is -1.34. The maximum atomic E-state index is 2.48. The molecule has 0 heterocycles. The third-order valence-electron chi connectivity index (χ3n) is 3.86. The Kier molecular flexibility index (Phi) is 13.7. The van der Waals surface area contributed by atoms with Crippen LogP contribution < -0.4 is 3.58 Å². The van der Waals surface area contributed by atoms with Crippen LogP contribution in [0.5, 0.6) is 0 Å². The SMILES string of the molecule is CCCCc1cccc[c]1[Sn]([CH2]CCC)[CH2]CCC.[Li]. The number of rotatable bonds is 10. The van der Waals surface area contributed by atoms with E-state index in [4.69, 9.17) is 0 Å². The van der Waals surface area contributed by atoms with E-state index in [1.165, 1.54) is 44.9 Å². The molecule has 0 bridgehead atoms. The molecule has 0 aliphatic carbocycles. The minimum atomic E-state index is -1.34. The van der Waals surface area contributed by atoms with E-state index in [1.54, 1.807) is 14.4 Å². The van der Waals surface area contributed by atoms with E-state index in [-0.39, 0.29) is 18.9 Å². The van der Waals surface area contributed by atoms with Crippen LogP contribution in [0.4, 0.5) is 0 Å². The molecule has 0 aliphatic heterocycles. The van der Waals surface area contributed by atoms with Gasteiger partial charge in [0.15, 0.2) is 0 Å². The van der Waals surface area contributed by atoms with E-state index in [1.807, 2.05) is 3.58 Å². The number of unbranched alkanes of at least 4 members (excludes halogenated alkanes) is 3. The molecule has 108 valence electrons. The molecule has 0 spiro atoms. The molecule has 0 aromatic heterocycles. The van der Waals surface area contributed by atoms with E-state index in [0.717, 1.165) is 0 Å². The predicted octanol–water partition coefficient (Wildman–Crippen LogP) is 4.95. The summed E-state index contributed by atoms with van der Waals surface area (Å²) in [7, 11) is 0. The summed E-state index contributed by atoms with van der Waals surface area (Å²) in [5, 5.41) is 0. The maximum absolute atomic E-state index is 2.48. The van der Waals surface area contributed by atoms with Gasteiger partial charge >= 0.3 is 128 Å². The largest absolute Gasteiger partial charge is 0 e. The van der Waals surface area contributed by atoms with Gasteiger partial charge in [0.1, 0.15) is 0 Å².